The van der Waals surface area contributed by atoms with E-state index in [0.29, 0.717) is 12.8 Å². The van der Waals surface area contributed by atoms with Gasteiger partial charge in [0.1, 0.15) is 12.6 Å². The van der Waals surface area contributed by atoms with Crippen molar-refractivity contribution in [1.29, 1.82) is 0 Å². The highest BCUT2D eigenvalue weighted by atomic mass is 16.6. The minimum atomic E-state index is -1.12. The number of hydrogen-bond acceptors (Lipinski definition) is 7. The van der Waals surface area contributed by atoms with Crippen molar-refractivity contribution in [2.24, 2.45) is 0 Å². The smallest absolute Gasteiger partial charge is 0.306 e. The molecule has 0 radical (unpaired) electrons. The van der Waals surface area contributed by atoms with Crippen LogP contribution in [0.4, 0.5) is 0 Å². The zero-order valence-electron chi connectivity index (χ0n) is 37.8. The maximum atomic E-state index is 12.7. The lowest BCUT2D eigenvalue weighted by atomic mass is 10.0. The molecule has 0 heterocycles. The molecular formula is C49H89NO7. The van der Waals surface area contributed by atoms with Gasteiger partial charge in [0.05, 0.1) is 40.3 Å². The van der Waals surface area contributed by atoms with Gasteiger partial charge in [0.2, 0.25) is 0 Å². The zero-order chi connectivity index (χ0) is 42.1. The lowest BCUT2D eigenvalue weighted by Gasteiger charge is -2.34. The Balaban J connectivity index is 4.28. The van der Waals surface area contributed by atoms with E-state index in [1.165, 1.54) is 109 Å². The van der Waals surface area contributed by atoms with E-state index in [4.69, 9.17) is 14.2 Å². The lowest BCUT2D eigenvalue weighted by Crippen LogP contribution is -2.55. The Kier molecular flexibility index (Phi) is 38.6. The Morgan fingerprint density at radius 3 is 1.46 bits per heavy atom. The summed E-state index contributed by atoms with van der Waals surface area (Å²) in [4.78, 5) is 36.9. The third kappa shape index (κ3) is 38.8. The predicted octanol–water partition coefficient (Wildman–Crippen LogP) is 11.7. The first kappa shape index (κ1) is 54.6. The normalized spacial score (nSPS) is 13.2. The van der Waals surface area contributed by atoms with Gasteiger partial charge in [-0.15, -0.1) is 0 Å². The third-order valence-corrected chi connectivity index (χ3v) is 10.5. The van der Waals surface area contributed by atoms with Gasteiger partial charge in [0.15, 0.2) is 6.10 Å². The fraction of sp³-hybridized carbons (Fsp3) is 0.816. The Bertz CT molecular complexity index is 1030. The number of carbonyl (C=O) groups is 3. The topological polar surface area (TPSA) is 102 Å². The standard InChI is InChI=1S/C49H89NO7/c1-6-8-10-12-14-16-18-20-22-23-24-25-26-28-30-32-34-36-38-40-48(52)57-45(43-55-42-41-46(49(53)54)50(3,4)5)44-56-47(51)39-37-35-33-31-29-27-21-19-17-15-13-11-9-7-2/h8,10,14,16,20,22,45-46H,6-7,9,11-13,15,17-19,21,23-44H2,1-5H3/b10-8+,16-14+,22-20+. The number of nitrogens with zero attached hydrogens (tertiary/aromatic N) is 1. The first-order valence-electron chi connectivity index (χ1n) is 23.5. The first-order valence-corrected chi connectivity index (χ1v) is 23.5. The number of carbonyl (C=O) groups excluding carboxylic acids is 3. The summed E-state index contributed by atoms with van der Waals surface area (Å²) >= 11 is 0. The molecule has 0 N–H and O–H groups in total. The molecule has 0 saturated heterocycles. The van der Waals surface area contributed by atoms with Crippen LogP contribution in [0, 0.1) is 0 Å². The van der Waals surface area contributed by atoms with Gasteiger partial charge in [-0.3, -0.25) is 9.59 Å². The van der Waals surface area contributed by atoms with Crippen molar-refractivity contribution in [2.45, 2.75) is 219 Å². The summed E-state index contributed by atoms with van der Waals surface area (Å²) in [5.41, 5.74) is 0. The zero-order valence-corrected chi connectivity index (χ0v) is 37.8. The van der Waals surface area contributed by atoms with Gasteiger partial charge in [0, 0.05) is 19.3 Å². The molecule has 332 valence electrons. The molecule has 8 heteroatoms. The summed E-state index contributed by atoms with van der Waals surface area (Å²) in [6.07, 6.45) is 45.9. The molecule has 0 aliphatic rings. The monoisotopic (exact) mass is 804 g/mol. The van der Waals surface area contributed by atoms with Gasteiger partial charge in [-0.2, -0.15) is 0 Å². The first-order chi connectivity index (χ1) is 27.6. The van der Waals surface area contributed by atoms with E-state index < -0.39 is 18.1 Å². The number of likely N-dealkylation sites (N-methyl/N-ethyl adjacent to an activating group) is 1. The predicted molar refractivity (Wildman–Crippen MR) is 236 cm³/mol. The number of esters is 2. The number of rotatable bonds is 42. The van der Waals surface area contributed by atoms with Gasteiger partial charge in [-0.05, 0) is 44.9 Å². The summed E-state index contributed by atoms with van der Waals surface area (Å²) in [6, 6.07) is -0.725. The molecule has 0 saturated carbocycles. The molecule has 2 unspecified atom stereocenters. The molecular weight excluding hydrogens is 715 g/mol. The van der Waals surface area contributed by atoms with Crippen molar-refractivity contribution >= 4 is 17.9 Å². The maximum absolute atomic E-state index is 12.7. The molecule has 2 atom stereocenters. The van der Waals surface area contributed by atoms with Crippen LogP contribution in [-0.2, 0) is 28.6 Å². The molecule has 0 spiro atoms. The van der Waals surface area contributed by atoms with Crippen LogP contribution < -0.4 is 5.11 Å². The molecule has 0 aliphatic carbocycles. The van der Waals surface area contributed by atoms with Crippen molar-refractivity contribution in [1.82, 2.24) is 0 Å². The van der Waals surface area contributed by atoms with Crippen molar-refractivity contribution in [3.8, 4) is 0 Å². The van der Waals surface area contributed by atoms with Crippen molar-refractivity contribution in [3.05, 3.63) is 36.5 Å². The maximum Gasteiger partial charge on any atom is 0.306 e. The number of carboxylic acids is 1. The average molecular weight is 804 g/mol. The number of ether oxygens (including phenoxy) is 3. The van der Waals surface area contributed by atoms with E-state index in [2.05, 4.69) is 50.3 Å². The van der Waals surface area contributed by atoms with Crippen LogP contribution in [0.2, 0.25) is 0 Å². The second kappa shape index (κ2) is 40.3. The second-order valence-electron chi connectivity index (χ2n) is 17.0. The van der Waals surface area contributed by atoms with Gasteiger partial charge in [0.25, 0.3) is 0 Å². The van der Waals surface area contributed by atoms with Gasteiger partial charge < -0.3 is 28.6 Å². The number of unbranched alkanes of at least 4 members (excludes halogenated alkanes) is 22. The van der Waals surface area contributed by atoms with Crippen LogP contribution in [0.3, 0.4) is 0 Å². The summed E-state index contributed by atoms with van der Waals surface area (Å²) < 4.78 is 17.2. The molecule has 0 fully saturated rings. The van der Waals surface area contributed by atoms with E-state index in [1.54, 1.807) is 21.1 Å². The number of hydrogen-bond donors (Lipinski definition) is 0. The lowest BCUT2D eigenvalue weighted by molar-refractivity contribution is -0.889. The van der Waals surface area contributed by atoms with E-state index in [1.807, 2.05) is 0 Å². The molecule has 0 aromatic carbocycles. The molecule has 0 bridgehead atoms. The van der Waals surface area contributed by atoms with E-state index in [-0.39, 0.29) is 42.7 Å². The molecule has 57 heavy (non-hydrogen) atoms. The second-order valence-corrected chi connectivity index (χ2v) is 17.0. The van der Waals surface area contributed by atoms with Crippen LogP contribution in [0.15, 0.2) is 36.5 Å². The van der Waals surface area contributed by atoms with Crippen LogP contribution in [-0.4, -0.2) is 75.5 Å². The van der Waals surface area contributed by atoms with Crippen LogP contribution in [0.1, 0.15) is 206 Å². The molecule has 8 nitrogen and oxygen atoms in total. The van der Waals surface area contributed by atoms with Crippen LogP contribution in [0.5, 0.6) is 0 Å². The Morgan fingerprint density at radius 2 is 0.982 bits per heavy atom. The van der Waals surface area contributed by atoms with E-state index >= 15 is 0 Å². The van der Waals surface area contributed by atoms with Gasteiger partial charge in [-0.25, -0.2) is 0 Å². The van der Waals surface area contributed by atoms with Crippen molar-refractivity contribution < 1.29 is 38.2 Å². The number of aliphatic carboxylic acids is 1. The minimum Gasteiger partial charge on any atom is -0.544 e. The summed E-state index contributed by atoms with van der Waals surface area (Å²) in [7, 11) is 5.41. The van der Waals surface area contributed by atoms with E-state index in [9.17, 15) is 19.5 Å². The minimum absolute atomic E-state index is 0.0413. The average Bonchev–Trinajstić information content (AvgIpc) is 3.17. The number of carboxylic acid groups (broad SMARTS) is 1. The highest BCUT2D eigenvalue weighted by Gasteiger charge is 2.25. The summed E-state index contributed by atoms with van der Waals surface area (Å²) in [5.74, 6) is -1.73. The van der Waals surface area contributed by atoms with E-state index in [0.717, 1.165) is 64.2 Å². The molecule has 0 aliphatic heterocycles. The number of quaternary nitrogens is 1. The summed E-state index contributed by atoms with van der Waals surface area (Å²) in [5, 5.41) is 11.6. The molecule has 0 amide bonds. The fourth-order valence-electron chi connectivity index (χ4n) is 6.91. The fourth-order valence-corrected chi connectivity index (χ4v) is 6.91. The van der Waals surface area contributed by atoms with Crippen molar-refractivity contribution in [2.75, 3.05) is 41.0 Å². The molecule has 0 aromatic rings. The van der Waals surface area contributed by atoms with Gasteiger partial charge in [-0.1, -0.05) is 179 Å². The number of allylic oxidation sites excluding steroid dienone is 6. The Labute approximate surface area is 351 Å². The van der Waals surface area contributed by atoms with Crippen LogP contribution >= 0.6 is 0 Å². The largest absolute Gasteiger partial charge is 0.544 e. The molecule has 0 aromatic heterocycles. The Morgan fingerprint density at radius 1 is 0.544 bits per heavy atom. The van der Waals surface area contributed by atoms with Gasteiger partial charge >= 0.3 is 11.9 Å². The quantitative estimate of drug-likeness (QED) is 0.0262. The van der Waals surface area contributed by atoms with Crippen LogP contribution in [0.25, 0.3) is 0 Å². The van der Waals surface area contributed by atoms with Crippen molar-refractivity contribution in [3.63, 3.8) is 0 Å². The SMILES string of the molecule is CC/C=C/C/C=C/C/C=C/CCCCCCCCCCCC(=O)OC(COCCC(C(=O)[O-])[N+](C)(C)C)COC(=O)CCCCCCCCCCCCCCCC. The summed E-state index contributed by atoms with van der Waals surface area (Å²) in [6.45, 7) is 4.57. The molecule has 0 rings (SSSR count). The highest BCUT2D eigenvalue weighted by molar-refractivity contribution is 5.70. The third-order valence-electron chi connectivity index (χ3n) is 10.5. The Hall–Kier alpha value is -2.45. The highest BCUT2D eigenvalue weighted by Crippen LogP contribution is 2.15.